The molecule has 1 aromatic heterocycles. The third kappa shape index (κ3) is 4.72. The van der Waals surface area contributed by atoms with E-state index in [9.17, 15) is 9.59 Å². The summed E-state index contributed by atoms with van der Waals surface area (Å²) in [7, 11) is 3.05. The number of nitrogens with zero attached hydrogens (tertiary/aromatic N) is 1. The maximum absolute atomic E-state index is 12.5. The van der Waals surface area contributed by atoms with Crippen LogP contribution in [0.3, 0.4) is 0 Å². The molecule has 1 aromatic carbocycles. The molecule has 1 unspecified atom stereocenters. The maximum atomic E-state index is 12.5. The van der Waals surface area contributed by atoms with Gasteiger partial charge in [0, 0.05) is 23.9 Å². The fourth-order valence-electron chi connectivity index (χ4n) is 2.19. The number of hydrogen-bond donors (Lipinski definition) is 2. The second-order valence-corrected chi connectivity index (χ2v) is 5.73. The molecule has 0 aliphatic rings. The highest BCUT2D eigenvalue weighted by Crippen LogP contribution is 2.29. The van der Waals surface area contributed by atoms with Gasteiger partial charge in [0.2, 0.25) is 0 Å². The number of carbonyl (C=O) groups is 2. The van der Waals surface area contributed by atoms with Gasteiger partial charge in [0.05, 0.1) is 19.9 Å². The third-order valence-corrected chi connectivity index (χ3v) is 3.90. The van der Waals surface area contributed by atoms with Crippen molar-refractivity contribution in [2.24, 2.45) is 0 Å². The first-order valence-corrected chi connectivity index (χ1v) is 8.28. The molecule has 0 fully saturated rings. The molecule has 0 aliphatic heterocycles. The largest absolute Gasteiger partial charge is 0.497 e. The van der Waals surface area contributed by atoms with Crippen LogP contribution in [0.4, 0.5) is 5.69 Å². The lowest BCUT2D eigenvalue weighted by Crippen LogP contribution is -2.32. The van der Waals surface area contributed by atoms with E-state index in [1.807, 2.05) is 13.8 Å². The van der Waals surface area contributed by atoms with E-state index < -0.39 is 5.91 Å². The summed E-state index contributed by atoms with van der Waals surface area (Å²) < 4.78 is 10.4. The molecule has 1 atom stereocenters. The van der Waals surface area contributed by atoms with Gasteiger partial charge in [-0.05, 0) is 37.6 Å². The molecular formula is C19H23N3O4. The Kier molecular flexibility index (Phi) is 6.54. The highest BCUT2D eigenvalue weighted by atomic mass is 16.5. The van der Waals surface area contributed by atoms with Crippen molar-refractivity contribution in [1.29, 1.82) is 0 Å². The van der Waals surface area contributed by atoms with Gasteiger partial charge in [-0.2, -0.15) is 0 Å². The molecule has 0 spiro atoms. The molecular weight excluding hydrogens is 334 g/mol. The molecule has 0 bridgehead atoms. The SMILES string of the molecule is CCC(C)NC(=O)c1ccnc(C(=O)Nc2ccc(OC)cc2OC)c1. The van der Waals surface area contributed by atoms with Gasteiger partial charge < -0.3 is 20.1 Å². The average molecular weight is 357 g/mol. The first kappa shape index (κ1) is 19.2. The lowest BCUT2D eigenvalue weighted by molar-refractivity contribution is 0.0939. The number of amides is 2. The maximum Gasteiger partial charge on any atom is 0.274 e. The number of anilines is 1. The summed E-state index contributed by atoms with van der Waals surface area (Å²) in [6.07, 6.45) is 2.26. The van der Waals surface area contributed by atoms with Gasteiger partial charge >= 0.3 is 0 Å². The third-order valence-electron chi connectivity index (χ3n) is 3.90. The molecule has 2 rings (SSSR count). The van der Waals surface area contributed by atoms with E-state index in [-0.39, 0.29) is 17.6 Å². The van der Waals surface area contributed by atoms with Crippen LogP contribution in [-0.4, -0.2) is 37.1 Å². The van der Waals surface area contributed by atoms with Crippen LogP contribution in [0.15, 0.2) is 36.5 Å². The molecule has 0 aliphatic carbocycles. The number of carbonyl (C=O) groups excluding carboxylic acids is 2. The lowest BCUT2D eigenvalue weighted by atomic mass is 10.1. The predicted molar refractivity (Wildman–Crippen MR) is 99.0 cm³/mol. The average Bonchev–Trinajstić information content (AvgIpc) is 2.68. The number of ether oxygens (including phenoxy) is 2. The second-order valence-electron chi connectivity index (χ2n) is 5.73. The van der Waals surface area contributed by atoms with Crippen LogP contribution in [0.1, 0.15) is 41.1 Å². The minimum Gasteiger partial charge on any atom is -0.497 e. The first-order chi connectivity index (χ1) is 12.5. The summed E-state index contributed by atoms with van der Waals surface area (Å²) in [5.41, 5.74) is 1.00. The van der Waals surface area contributed by atoms with Crippen LogP contribution < -0.4 is 20.1 Å². The van der Waals surface area contributed by atoms with Crippen molar-refractivity contribution in [2.75, 3.05) is 19.5 Å². The molecule has 26 heavy (non-hydrogen) atoms. The smallest absolute Gasteiger partial charge is 0.274 e. The molecule has 0 saturated heterocycles. The van der Waals surface area contributed by atoms with Crippen LogP contribution in [0.5, 0.6) is 11.5 Å². The van der Waals surface area contributed by atoms with E-state index in [1.54, 1.807) is 31.4 Å². The summed E-state index contributed by atoms with van der Waals surface area (Å²) >= 11 is 0. The van der Waals surface area contributed by atoms with E-state index in [0.717, 1.165) is 6.42 Å². The highest BCUT2D eigenvalue weighted by Gasteiger charge is 2.15. The quantitative estimate of drug-likeness (QED) is 0.795. The molecule has 138 valence electrons. The Hall–Kier alpha value is -3.09. The number of rotatable bonds is 7. The van der Waals surface area contributed by atoms with E-state index in [2.05, 4.69) is 15.6 Å². The molecule has 7 nitrogen and oxygen atoms in total. The van der Waals surface area contributed by atoms with Crippen molar-refractivity contribution in [3.8, 4) is 11.5 Å². The van der Waals surface area contributed by atoms with Crippen LogP contribution in [0.25, 0.3) is 0 Å². The van der Waals surface area contributed by atoms with E-state index >= 15 is 0 Å². The zero-order valence-electron chi connectivity index (χ0n) is 15.3. The monoisotopic (exact) mass is 357 g/mol. The van der Waals surface area contributed by atoms with Gasteiger partial charge in [-0.1, -0.05) is 6.92 Å². The number of hydrogen-bond acceptors (Lipinski definition) is 5. The van der Waals surface area contributed by atoms with Crippen molar-refractivity contribution in [1.82, 2.24) is 10.3 Å². The fraction of sp³-hybridized carbons (Fsp3) is 0.316. The Balaban J connectivity index is 2.18. The summed E-state index contributed by atoms with van der Waals surface area (Å²) in [6.45, 7) is 3.90. The molecule has 2 N–H and O–H groups in total. The number of pyridine rings is 1. The van der Waals surface area contributed by atoms with Crippen LogP contribution >= 0.6 is 0 Å². The zero-order valence-corrected chi connectivity index (χ0v) is 15.3. The van der Waals surface area contributed by atoms with Crippen LogP contribution in [-0.2, 0) is 0 Å². The molecule has 0 radical (unpaired) electrons. The molecule has 0 saturated carbocycles. The standard InChI is InChI=1S/C19H23N3O4/c1-5-12(2)21-18(23)13-8-9-20-16(10-13)19(24)22-15-7-6-14(25-3)11-17(15)26-4/h6-12H,5H2,1-4H3,(H,21,23)(H,22,24). The summed E-state index contributed by atoms with van der Waals surface area (Å²) in [6, 6.07) is 8.14. The molecule has 2 amide bonds. The number of methoxy groups -OCH3 is 2. The van der Waals surface area contributed by atoms with Crippen molar-refractivity contribution >= 4 is 17.5 Å². The number of benzene rings is 1. The van der Waals surface area contributed by atoms with Gasteiger partial charge in [0.15, 0.2) is 0 Å². The summed E-state index contributed by atoms with van der Waals surface area (Å²) in [4.78, 5) is 28.8. The minimum absolute atomic E-state index is 0.0523. The van der Waals surface area contributed by atoms with Crippen LogP contribution in [0, 0.1) is 0 Å². The predicted octanol–water partition coefficient (Wildman–Crippen LogP) is 2.88. The van der Waals surface area contributed by atoms with E-state index in [0.29, 0.717) is 22.7 Å². The van der Waals surface area contributed by atoms with Gasteiger partial charge in [0.25, 0.3) is 11.8 Å². The Morgan fingerprint density at radius 1 is 1.12 bits per heavy atom. The van der Waals surface area contributed by atoms with Crippen molar-refractivity contribution < 1.29 is 19.1 Å². The summed E-state index contributed by atoms with van der Waals surface area (Å²) in [5.74, 6) is 0.398. The fourth-order valence-corrected chi connectivity index (χ4v) is 2.19. The lowest BCUT2D eigenvalue weighted by Gasteiger charge is -2.13. The highest BCUT2D eigenvalue weighted by molar-refractivity contribution is 6.05. The Bertz CT molecular complexity index is 792. The van der Waals surface area contributed by atoms with E-state index in [1.165, 1.54) is 19.4 Å². The second kappa shape index (κ2) is 8.84. The number of nitrogens with one attached hydrogen (secondary N) is 2. The van der Waals surface area contributed by atoms with Gasteiger partial charge in [-0.15, -0.1) is 0 Å². The molecule has 2 aromatic rings. The van der Waals surface area contributed by atoms with Crippen molar-refractivity contribution in [3.05, 3.63) is 47.8 Å². The topological polar surface area (TPSA) is 89.6 Å². The Labute approximate surface area is 152 Å². The van der Waals surface area contributed by atoms with Gasteiger partial charge in [-0.25, -0.2) is 0 Å². The normalized spacial score (nSPS) is 11.4. The summed E-state index contributed by atoms with van der Waals surface area (Å²) in [5, 5.41) is 5.59. The van der Waals surface area contributed by atoms with Gasteiger partial charge in [-0.3, -0.25) is 14.6 Å². The van der Waals surface area contributed by atoms with Crippen molar-refractivity contribution in [2.45, 2.75) is 26.3 Å². The first-order valence-electron chi connectivity index (χ1n) is 8.28. The van der Waals surface area contributed by atoms with Crippen LogP contribution in [0.2, 0.25) is 0 Å². The molecule has 1 heterocycles. The number of aromatic nitrogens is 1. The van der Waals surface area contributed by atoms with Gasteiger partial charge in [0.1, 0.15) is 17.2 Å². The van der Waals surface area contributed by atoms with Crippen molar-refractivity contribution in [3.63, 3.8) is 0 Å². The molecule has 7 heteroatoms. The Morgan fingerprint density at radius 2 is 1.88 bits per heavy atom. The van der Waals surface area contributed by atoms with E-state index in [4.69, 9.17) is 9.47 Å². The zero-order chi connectivity index (χ0) is 19.1. The Morgan fingerprint density at radius 3 is 2.54 bits per heavy atom. The minimum atomic E-state index is -0.438.